The Kier molecular flexibility index (Phi) is 11.1. The number of urea groups is 1. The van der Waals surface area contributed by atoms with Gasteiger partial charge in [0.05, 0.1) is 24.6 Å². The Morgan fingerprint density at radius 2 is 1.87 bits per heavy atom. The zero-order valence-corrected chi connectivity index (χ0v) is 22.4. The minimum absolute atomic E-state index is 0.0476. The van der Waals surface area contributed by atoms with Crippen molar-refractivity contribution in [1.29, 1.82) is 0 Å². The summed E-state index contributed by atoms with van der Waals surface area (Å²) >= 11 is 6.11. The van der Waals surface area contributed by atoms with Crippen molar-refractivity contribution >= 4 is 47.1 Å². The third-order valence-corrected chi connectivity index (χ3v) is 6.07. The van der Waals surface area contributed by atoms with Gasteiger partial charge in [-0.2, -0.15) is 0 Å². The van der Waals surface area contributed by atoms with Crippen LogP contribution in [0.3, 0.4) is 0 Å². The number of anilines is 1. The lowest BCUT2D eigenvalue weighted by Gasteiger charge is -2.25. The number of halogens is 1. The Morgan fingerprint density at radius 1 is 1.21 bits per heavy atom. The summed E-state index contributed by atoms with van der Waals surface area (Å²) in [4.78, 5) is 59.9. The summed E-state index contributed by atoms with van der Waals surface area (Å²) < 4.78 is 5.36. The van der Waals surface area contributed by atoms with E-state index in [1.807, 2.05) is 6.92 Å². The van der Waals surface area contributed by atoms with Crippen LogP contribution >= 0.6 is 11.6 Å². The molecular formula is C26H31ClN4O8. The fourth-order valence-electron chi connectivity index (χ4n) is 3.97. The van der Waals surface area contributed by atoms with Gasteiger partial charge in [0.25, 0.3) is 5.97 Å². The first-order valence-corrected chi connectivity index (χ1v) is 12.3. The lowest BCUT2D eigenvalue weighted by molar-refractivity contribution is -0.134. The van der Waals surface area contributed by atoms with Crippen LogP contribution in [-0.2, 0) is 20.8 Å². The van der Waals surface area contributed by atoms with Gasteiger partial charge in [0.2, 0.25) is 11.8 Å². The van der Waals surface area contributed by atoms with E-state index in [1.54, 1.807) is 24.3 Å². The van der Waals surface area contributed by atoms with E-state index >= 15 is 0 Å². The summed E-state index contributed by atoms with van der Waals surface area (Å²) in [7, 11) is 1.50. The molecule has 1 saturated heterocycles. The molecule has 0 aromatic heterocycles. The number of nitrogen functional groups attached to an aromatic ring is 1. The van der Waals surface area contributed by atoms with Gasteiger partial charge in [0.1, 0.15) is 12.3 Å². The highest BCUT2D eigenvalue weighted by Gasteiger charge is 2.35. The van der Waals surface area contributed by atoms with Crippen LogP contribution in [0.25, 0.3) is 0 Å². The molecule has 0 spiro atoms. The fraction of sp³-hybridized carbons (Fsp3) is 0.346. The first-order valence-electron chi connectivity index (χ1n) is 11.9. The SMILES string of the molecule is CC(=O)O.CC[C@@H](NC(=O)N1CC(=O)NCC(Cc2cc(Cl)ccc2OC)C1=O)c1ccc(C(=O)O)c(N)c1. The number of carbonyl (C=O) groups excluding carboxylic acids is 3. The molecule has 210 valence electrons. The molecule has 0 aliphatic carbocycles. The number of carboxylic acid groups (broad SMARTS) is 2. The van der Waals surface area contributed by atoms with Crippen molar-refractivity contribution in [3.05, 3.63) is 58.1 Å². The first kappa shape index (κ1) is 30.9. The Morgan fingerprint density at radius 3 is 2.44 bits per heavy atom. The van der Waals surface area contributed by atoms with Gasteiger partial charge in [-0.15, -0.1) is 0 Å². The summed E-state index contributed by atoms with van der Waals surface area (Å²) in [5, 5.41) is 22.5. The molecule has 13 heteroatoms. The summed E-state index contributed by atoms with van der Waals surface area (Å²) in [6, 6.07) is 8.14. The summed E-state index contributed by atoms with van der Waals surface area (Å²) in [6.45, 7) is 2.53. The van der Waals surface area contributed by atoms with Crippen LogP contribution in [0.15, 0.2) is 36.4 Å². The number of ether oxygens (including phenoxy) is 1. The molecule has 0 radical (unpaired) electrons. The number of aromatic carboxylic acids is 1. The van der Waals surface area contributed by atoms with Gasteiger partial charge in [-0.05, 0) is 54.3 Å². The van der Waals surface area contributed by atoms with Crippen LogP contribution in [0.5, 0.6) is 5.75 Å². The van der Waals surface area contributed by atoms with Crippen molar-refractivity contribution in [1.82, 2.24) is 15.5 Å². The van der Waals surface area contributed by atoms with Gasteiger partial charge in [-0.1, -0.05) is 24.6 Å². The number of hydrogen-bond donors (Lipinski definition) is 5. The molecule has 12 nitrogen and oxygen atoms in total. The van der Waals surface area contributed by atoms with Crippen LogP contribution in [0.1, 0.15) is 47.8 Å². The van der Waals surface area contributed by atoms with Crippen molar-refractivity contribution < 1.29 is 38.9 Å². The molecule has 2 aromatic rings. The number of methoxy groups -OCH3 is 1. The molecule has 0 saturated carbocycles. The van der Waals surface area contributed by atoms with E-state index in [9.17, 15) is 24.3 Å². The zero-order valence-electron chi connectivity index (χ0n) is 21.7. The quantitative estimate of drug-likeness (QED) is 0.316. The number of nitrogens with zero attached hydrogens (tertiary/aromatic N) is 1. The minimum atomic E-state index is -1.16. The predicted octanol–water partition coefficient (Wildman–Crippen LogP) is 2.70. The summed E-state index contributed by atoms with van der Waals surface area (Å²) in [5.74, 6) is -3.14. The number of amides is 4. The van der Waals surface area contributed by atoms with Crippen LogP contribution < -0.4 is 21.1 Å². The van der Waals surface area contributed by atoms with E-state index in [2.05, 4.69) is 10.6 Å². The summed E-state index contributed by atoms with van der Waals surface area (Å²) in [5.41, 5.74) is 7.11. The second kappa shape index (κ2) is 14.0. The molecule has 3 rings (SSSR count). The smallest absolute Gasteiger partial charge is 0.337 e. The molecule has 1 aliphatic rings. The van der Waals surface area contributed by atoms with Crippen molar-refractivity contribution in [3.63, 3.8) is 0 Å². The predicted molar refractivity (Wildman–Crippen MR) is 143 cm³/mol. The maximum atomic E-state index is 13.3. The second-order valence-corrected chi connectivity index (χ2v) is 9.10. The van der Waals surface area contributed by atoms with E-state index in [0.29, 0.717) is 28.3 Å². The van der Waals surface area contributed by atoms with Crippen molar-refractivity contribution in [3.8, 4) is 5.75 Å². The highest BCUT2D eigenvalue weighted by atomic mass is 35.5. The van der Waals surface area contributed by atoms with E-state index in [4.69, 9.17) is 32.0 Å². The third kappa shape index (κ3) is 8.60. The van der Waals surface area contributed by atoms with Gasteiger partial charge < -0.3 is 31.3 Å². The average molecular weight is 563 g/mol. The lowest BCUT2D eigenvalue weighted by atomic mass is 9.97. The van der Waals surface area contributed by atoms with Crippen LogP contribution in [0.2, 0.25) is 5.02 Å². The van der Waals surface area contributed by atoms with Crippen molar-refractivity contribution in [2.24, 2.45) is 5.92 Å². The Labute approximate surface area is 230 Å². The largest absolute Gasteiger partial charge is 0.496 e. The lowest BCUT2D eigenvalue weighted by Crippen LogP contribution is -2.48. The molecular weight excluding hydrogens is 532 g/mol. The van der Waals surface area contributed by atoms with Gasteiger partial charge >= 0.3 is 12.0 Å². The third-order valence-electron chi connectivity index (χ3n) is 5.83. The van der Waals surface area contributed by atoms with Gasteiger partial charge in [-0.3, -0.25) is 19.3 Å². The number of aliphatic carboxylic acids is 1. The molecule has 1 unspecified atom stereocenters. The number of hydrogen-bond acceptors (Lipinski definition) is 7. The highest BCUT2D eigenvalue weighted by Crippen LogP contribution is 2.27. The van der Waals surface area contributed by atoms with Crippen molar-refractivity contribution in [2.45, 2.75) is 32.7 Å². The van der Waals surface area contributed by atoms with Gasteiger partial charge in [0.15, 0.2) is 0 Å². The number of nitrogens with one attached hydrogen (secondary N) is 2. The van der Waals surface area contributed by atoms with Crippen molar-refractivity contribution in [2.75, 3.05) is 25.9 Å². The van der Waals surface area contributed by atoms with E-state index in [0.717, 1.165) is 11.8 Å². The number of benzene rings is 2. The normalized spacial score (nSPS) is 15.7. The zero-order chi connectivity index (χ0) is 29.3. The maximum absolute atomic E-state index is 13.3. The number of rotatable bonds is 7. The molecule has 39 heavy (non-hydrogen) atoms. The first-order chi connectivity index (χ1) is 18.4. The second-order valence-electron chi connectivity index (χ2n) is 8.67. The maximum Gasteiger partial charge on any atom is 0.337 e. The number of carbonyl (C=O) groups is 5. The molecule has 6 N–H and O–H groups in total. The number of carboxylic acids is 2. The molecule has 1 fully saturated rings. The summed E-state index contributed by atoms with van der Waals surface area (Å²) in [6.07, 6.45) is 0.645. The highest BCUT2D eigenvalue weighted by molar-refractivity contribution is 6.30. The molecule has 2 aromatic carbocycles. The molecule has 4 amide bonds. The number of nitrogens with two attached hydrogens (primary N) is 1. The minimum Gasteiger partial charge on any atom is -0.496 e. The van der Waals surface area contributed by atoms with E-state index in [-0.39, 0.29) is 24.2 Å². The van der Waals surface area contributed by atoms with E-state index in [1.165, 1.54) is 19.2 Å². The Balaban J connectivity index is 0.00000124. The molecule has 2 atom stereocenters. The van der Waals surface area contributed by atoms with Crippen LogP contribution in [0.4, 0.5) is 10.5 Å². The Bertz CT molecular complexity index is 1250. The molecule has 1 aliphatic heterocycles. The topological polar surface area (TPSA) is 188 Å². The number of imide groups is 1. The molecule has 0 bridgehead atoms. The van der Waals surface area contributed by atoms with Gasteiger partial charge in [-0.25, -0.2) is 9.59 Å². The molecule has 1 heterocycles. The monoisotopic (exact) mass is 562 g/mol. The van der Waals surface area contributed by atoms with Crippen LogP contribution in [0, 0.1) is 5.92 Å². The average Bonchev–Trinajstić information content (AvgIpc) is 3.00. The van der Waals surface area contributed by atoms with Crippen LogP contribution in [-0.4, -0.2) is 65.1 Å². The van der Waals surface area contributed by atoms with Gasteiger partial charge in [0, 0.05) is 24.2 Å². The fourth-order valence-corrected chi connectivity index (χ4v) is 4.16. The standard InChI is InChI=1S/C24H27ClN4O6.C2H4O2/c1-3-19(13-4-6-17(23(32)33)18(26)10-13)28-24(34)29-12-21(30)27-11-15(22(29)31)8-14-9-16(25)5-7-20(14)35-2;1-2(3)4/h4-7,9-10,15,19H,3,8,11-12,26H2,1-2H3,(H,27,30)(H,28,34)(H,32,33);1H3,(H,3,4)/t15?,19-;/m1./s1. The Hall–Kier alpha value is -4.32. The van der Waals surface area contributed by atoms with E-state index < -0.39 is 48.3 Å².